The number of unbranched alkanes of at least 4 members (excludes halogenated alkanes) is 2. The summed E-state index contributed by atoms with van der Waals surface area (Å²) >= 11 is 0. The topological polar surface area (TPSA) is 35.5 Å². The van der Waals surface area contributed by atoms with Crippen molar-refractivity contribution >= 4 is 5.97 Å². The highest BCUT2D eigenvalue weighted by Gasteiger charge is 2.28. The van der Waals surface area contributed by atoms with E-state index in [0.717, 1.165) is 49.8 Å². The summed E-state index contributed by atoms with van der Waals surface area (Å²) < 4.78 is 24.4. The van der Waals surface area contributed by atoms with Gasteiger partial charge in [0.1, 0.15) is 11.6 Å². The third-order valence-corrected chi connectivity index (χ3v) is 6.82. The molecule has 0 radical (unpaired) electrons. The maximum absolute atomic E-state index is 13.7. The molecule has 2 aromatic carbocycles. The van der Waals surface area contributed by atoms with Crippen LogP contribution in [-0.2, 0) is 22.4 Å². The highest BCUT2D eigenvalue weighted by molar-refractivity contribution is 5.69. The first-order valence-corrected chi connectivity index (χ1v) is 11.5. The van der Waals surface area contributed by atoms with E-state index in [2.05, 4.69) is 13.8 Å². The third-order valence-electron chi connectivity index (χ3n) is 6.82. The summed E-state index contributed by atoms with van der Waals surface area (Å²) in [5, 5.41) is 0. The Bertz CT molecular complexity index is 902. The Labute approximate surface area is 186 Å². The van der Waals surface area contributed by atoms with Crippen LogP contribution in [-0.4, -0.2) is 20.2 Å². The summed E-state index contributed by atoms with van der Waals surface area (Å²) in [7, 11) is 3.20. The van der Waals surface area contributed by atoms with E-state index in [0.29, 0.717) is 6.42 Å². The predicted molar refractivity (Wildman–Crippen MR) is 122 cm³/mol. The van der Waals surface area contributed by atoms with Gasteiger partial charge in [0.05, 0.1) is 14.2 Å². The van der Waals surface area contributed by atoms with Gasteiger partial charge in [0.15, 0.2) is 0 Å². The zero-order valence-corrected chi connectivity index (χ0v) is 19.4. The Morgan fingerprint density at radius 2 is 1.65 bits per heavy atom. The monoisotopic (exact) mass is 426 g/mol. The van der Waals surface area contributed by atoms with Crippen molar-refractivity contribution in [2.75, 3.05) is 14.2 Å². The van der Waals surface area contributed by atoms with E-state index in [1.165, 1.54) is 47.8 Å². The van der Waals surface area contributed by atoms with Crippen LogP contribution in [0.1, 0.15) is 84.2 Å². The molecule has 168 valence electrons. The molecule has 0 amide bonds. The standard InChI is InChI=1S/C27H35FO3/c1-18-19(2)27(31-4)26(24-12-9-8-10-22(18)24)23(20-14-16-21(28)17-15-20)11-6-5-7-13-25(29)30-3/h14-17,23H,5-13H2,1-4H3. The first-order chi connectivity index (χ1) is 15.0. The minimum absolute atomic E-state index is 0.153. The summed E-state index contributed by atoms with van der Waals surface area (Å²) in [6, 6.07) is 6.94. The molecule has 0 heterocycles. The van der Waals surface area contributed by atoms with Gasteiger partial charge in [-0.3, -0.25) is 4.79 Å². The number of fused-ring (bicyclic) bond motifs is 1. The largest absolute Gasteiger partial charge is 0.496 e. The van der Waals surface area contributed by atoms with Crippen molar-refractivity contribution in [3.05, 3.63) is 63.5 Å². The number of ether oxygens (including phenoxy) is 2. The Morgan fingerprint density at radius 1 is 0.968 bits per heavy atom. The lowest BCUT2D eigenvalue weighted by Gasteiger charge is -2.31. The third kappa shape index (κ3) is 5.28. The molecule has 0 saturated heterocycles. The van der Waals surface area contributed by atoms with Gasteiger partial charge in [-0.25, -0.2) is 4.39 Å². The predicted octanol–water partition coefficient (Wildman–Crippen LogP) is 6.59. The Morgan fingerprint density at radius 3 is 2.29 bits per heavy atom. The highest BCUT2D eigenvalue weighted by Crippen LogP contribution is 2.45. The zero-order valence-electron chi connectivity index (χ0n) is 19.4. The molecule has 0 spiro atoms. The van der Waals surface area contributed by atoms with E-state index >= 15 is 0 Å². The van der Waals surface area contributed by atoms with Gasteiger partial charge in [0.2, 0.25) is 0 Å². The molecule has 3 nitrogen and oxygen atoms in total. The normalized spacial score (nSPS) is 14.1. The van der Waals surface area contributed by atoms with Gasteiger partial charge in [-0.2, -0.15) is 0 Å². The average molecular weight is 427 g/mol. The van der Waals surface area contributed by atoms with Crippen LogP contribution in [0.4, 0.5) is 4.39 Å². The molecule has 0 N–H and O–H groups in total. The van der Waals surface area contributed by atoms with Crippen molar-refractivity contribution in [3.63, 3.8) is 0 Å². The van der Waals surface area contributed by atoms with E-state index < -0.39 is 0 Å². The molecular formula is C27H35FO3. The lowest BCUT2D eigenvalue weighted by molar-refractivity contribution is -0.140. The summed E-state index contributed by atoms with van der Waals surface area (Å²) in [5.41, 5.74) is 7.91. The lowest BCUT2D eigenvalue weighted by atomic mass is 9.76. The summed E-state index contributed by atoms with van der Waals surface area (Å²) in [4.78, 5) is 11.4. The number of methoxy groups -OCH3 is 2. The van der Waals surface area contributed by atoms with Crippen LogP contribution in [0.3, 0.4) is 0 Å². The van der Waals surface area contributed by atoms with Crippen molar-refractivity contribution in [1.29, 1.82) is 0 Å². The molecule has 1 aliphatic carbocycles. The number of carbonyl (C=O) groups excluding carboxylic acids is 1. The molecule has 31 heavy (non-hydrogen) atoms. The molecule has 3 rings (SSSR count). The lowest BCUT2D eigenvalue weighted by Crippen LogP contribution is -2.16. The van der Waals surface area contributed by atoms with E-state index in [9.17, 15) is 9.18 Å². The molecule has 1 unspecified atom stereocenters. The van der Waals surface area contributed by atoms with Crippen molar-refractivity contribution in [2.45, 2.75) is 77.6 Å². The van der Waals surface area contributed by atoms with Crippen LogP contribution in [0.5, 0.6) is 5.75 Å². The Balaban J connectivity index is 1.98. The van der Waals surface area contributed by atoms with Gasteiger partial charge in [-0.1, -0.05) is 25.0 Å². The van der Waals surface area contributed by atoms with E-state index in [4.69, 9.17) is 9.47 Å². The number of carbonyl (C=O) groups is 1. The second-order valence-electron chi connectivity index (χ2n) is 8.64. The molecule has 2 aromatic rings. The van der Waals surface area contributed by atoms with Gasteiger partial charge in [-0.05, 0) is 92.3 Å². The second kappa shape index (κ2) is 10.8. The molecule has 0 aromatic heterocycles. The summed E-state index contributed by atoms with van der Waals surface area (Å²) in [5.74, 6) is 0.775. The van der Waals surface area contributed by atoms with Gasteiger partial charge in [0.25, 0.3) is 0 Å². The van der Waals surface area contributed by atoms with Gasteiger partial charge >= 0.3 is 5.97 Å². The molecule has 0 saturated carbocycles. The molecule has 4 heteroatoms. The fourth-order valence-electron chi connectivity index (χ4n) is 5.05. The number of hydrogen-bond acceptors (Lipinski definition) is 3. The SMILES string of the molecule is COC(=O)CCCCCC(c1ccc(F)cc1)c1c2c(c(C)c(C)c1OC)CCCC2. The van der Waals surface area contributed by atoms with Crippen LogP contribution in [0.2, 0.25) is 0 Å². The first-order valence-electron chi connectivity index (χ1n) is 11.5. The van der Waals surface area contributed by atoms with Gasteiger partial charge in [0, 0.05) is 17.9 Å². The number of rotatable bonds is 9. The molecule has 0 bridgehead atoms. The first kappa shape index (κ1) is 23.3. The summed E-state index contributed by atoms with van der Waals surface area (Å²) in [6.45, 7) is 4.37. The quantitative estimate of drug-likeness (QED) is 0.335. The Hall–Kier alpha value is -2.36. The number of hydrogen-bond donors (Lipinski definition) is 0. The van der Waals surface area contributed by atoms with Gasteiger partial charge in [-0.15, -0.1) is 0 Å². The van der Waals surface area contributed by atoms with E-state index in [-0.39, 0.29) is 17.7 Å². The van der Waals surface area contributed by atoms with Crippen LogP contribution in [0, 0.1) is 19.7 Å². The molecule has 0 aliphatic heterocycles. The maximum Gasteiger partial charge on any atom is 0.305 e. The van der Waals surface area contributed by atoms with Crippen LogP contribution >= 0.6 is 0 Å². The maximum atomic E-state index is 13.7. The van der Waals surface area contributed by atoms with Gasteiger partial charge < -0.3 is 9.47 Å². The second-order valence-corrected chi connectivity index (χ2v) is 8.64. The minimum Gasteiger partial charge on any atom is -0.496 e. The van der Waals surface area contributed by atoms with E-state index in [1.807, 2.05) is 12.1 Å². The van der Waals surface area contributed by atoms with Crippen molar-refractivity contribution in [1.82, 2.24) is 0 Å². The number of benzene rings is 2. The van der Waals surface area contributed by atoms with Crippen LogP contribution in [0.15, 0.2) is 24.3 Å². The molecule has 1 aliphatic rings. The fraction of sp³-hybridized carbons (Fsp3) is 0.519. The molecule has 1 atom stereocenters. The smallest absolute Gasteiger partial charge is 0.305 e. The molecule has 0 fully saturated rings. The van der Waals surface area contributed by atoms with Crippen LogP contribution < -0.4 is 4.74 Å². The van der Waals surface area contributed by atoms with Crippen molar-refractivity contribution in [3.8, 4) is 5.75 Å². The van der Waals surface area contributed by atoms with Crippen LogP contribution in [0.25, 0.3) is 0 Å². The van der Waals surface area contributed by atoms with Crippen molar-refractivity contribution in [2.24, 2.45) is 0 Å². The van der Waals surface area contributed by atoms with Crippen molar-refractivity contribution < 1.29 is 18.7 Å². The fourth-order valence-corrected chi connectivity index (χ4v) is 5.05. The number of halogens is 1. The molecular weight excluding hydrogens is 391 g/mol. The Kier molecular flexibility index (Phi) is 8.11. The number of esters is 1. The highest BCUT2D eigenvalue weighted by atomic mass is 19.1. The minimum atomic E-state index is -0.213. The van der Waals surface area contributed by atoms with E-state index in [1.54, 1.807) is 19.2 Å². The summed E-state index contributed by atoms with van der Waals surface area (Å²) in [6.07, 6.45) is 8.79. The zero-order chi connectivity index (χ0) is 22.4. The average Bonchev–Trinajstić information content (AvgIpc) is 2.79.